The average Bonchev–Trinajstić information content (AvgIpc) is 2.70. The van der Waals surface area contributed by atoms with E-state index in [-0.39, 0.29) is 17.0 Å². The minimum absolute atomic E-state index is 0.0488. The summed E-state index contributed by atoms with van der Waals surface area (Å²) in [7, 11) is -3.82. The van der Waals surface area contributed by atoms with Crippen LogP contribution in [0.2, 0.25) is 0 Å². The van der Waals surface area contributed by atoms with Gasteiger partial charge in [-0.25, -0.2) is 8.42 Å². The lowest BCUT2D eigenvalue weighted by atomic mass is 10.2. The third kappa shape index (κ3) is 5.01. The Kier molecular flexibility index (Phi) is 6.53. The SMILES string of the molecule is O=[N+]([O-])c1cccc(S(=O)(=O)[C@@H](Cc2ccccc2)Sc2ccc(Br)cc2)c1. The number of nitro benzene ring substituents is 1. The third-order valence-electron chi connectivity index (χ3n) is 4.03. The second kappa shape index (κ2) is 8.89. The summed E-state index contributed by atoms with van der Waals surface area (Å²) in [5, 5.41) is 11.1. The Morgan fingerprint density at radius 2 is 1.64 bits per heavy atom. The van der Waals surface area contributed by atoms with Crippen molar-refractivity contribution in [3.63, 3.8) is 0 Å². The van der Waals surface area contributed by atoms with Crippen molar-refractivity contribution in [1.82, 2.24) is 0 Å². The van der Waals surface area contributed by atoms with Crippen LogP contribution in [0.1, 0.15) is 5.56 Å². The first-order chi connectivity index (χ1) is 13.4. The topological polar surface area (TPSA) is 77.3 Å². The van der Waals surface area contributed by atoms with Crippen LogP contribution in [0.15, 0.2) is 93.1 Å². The molecule has 28 heavy (non-hydrogen) atoms. The van der Waals surface area contributed by atoms with Gasteiger partial charge in [-0.2, -0.15) is 0 Å². The molecule has 0 heterocycles. The van der Waals surface area contributed by atoms with Crippen molar-refractivity contribution in [3.8, 4) is 0 Å². The zero-order valence-electron chi connectivity index (χ0n) is 14.6. The third-order valence-corrected chi connectivity index (χ3v) is 8.35. The van der Waals surface area contributed by atoms with E-state index in [1.54, 1.807) is 0 Å². The summed E-state index contributed by atoms with van der Waals surface area (Å²) >= 11 is 4.60. The minimum Gasteiger partial charge on any atom is -0.258 e. The highest BCUT2D eigenvalue weighted by Crippen LogP contribution is 2.34. The summed E-state index contributed by atoms with van der Waals surface area (Å²) in [6.45, 7) is 0. The molecule has 0 aliphatic rings. The first-order valence-corrected chi connectivity index (χ1v) is 11.5. The van der Waals surface area contributed by atoms with Gasteiger partial charge in [0.05, 0.1) is 9.82 Å². The lowest BCUT2D eigenvalue weighted by Gasteiger charge is -2.18. The molecule has 5 nitrogen and oxygen atoms in total. The number of thioether (sulfide) groups is 1. The van der Waals surface area contributed by atoms with E-state index >= 15 is 0 Å². The van der Waals surface area contributed by atoms with Gasteiger partial charge >= 0.3 is 0 Å². The summed E-state index contributed by atoms with van der Waals surface area (Å²) in [5.74, 6) is 0. The zero-order chi connectivity index (χ0) is 20.1. The van der Waals surface area contributed by atoms with Gasteiger partial charge in [0.15, 0.2) is 9.84 Å². The van der Waals surface area contributed by atoms with Gasteiger partial charge < -0.3 is 0 Å². The van der Waals surface area contributed by atoms with Gasteiger partial charge in [-0.05, 0) is 42.3 Å². The second-order valence-electron chi connectivity index (χ2n) is 5.99. The quantitative estimate of drug-likeness (QED) is 0.255. The molecule has 3 rings (SSSR count). The van der Waals surface area contributed by atoms with Crippen molar-refractivity contribution >= 4 is 43.2 Å². The van der Waals surface area contributed by atoms with Crippen LogP contribution in [0.5, 0.6) is 0 Å². The molecule has 0 unspecified atom stereocenters. The summed E-state index contributed by atoms with van der Waals surface area (Å²) in [6.07, 6.45) is 0.284. The van der Waals surface area contributed by atoms with Crippen molar-refractivity contribution in [2.75, 3.05) is 0 Å². The molecule has 0 aliphatic carbocycles. The van der Waals surface area contributed by atoms with Gasteiger partial charge in [0, 0.05) is 21.5 Å². The van der Waals surface area contributed by atoms with E-state index in [1.807, 2.05) is 54.6 Å². The van der Waals surface area contributed by atoms with Crippen LogP contribution in [-0.2, 0) is 16.3 Å². The lowest BCUT2D eigenvalue weighted by molar-refractivity contribution is -0.385. The molecule has 0 N–H and O–H groups in total. The van der Waals surface area contributed by atoms with Gasteiger partial charge in [-0.3, -0.25) is 10.1 Å². The van der Waals surface area contributed by atoms with Crippen LogP contribution in [-0.4, -0.2) is 17.9 Å². The monoisotopic (exact) mass is 477 g/mol. The van der Waals surface area contributed by atoms with Crippen molar-refractivity contribution in [3.05, 3.63) is 99.0 Å². The summed E-state index contributed by atoms with van der Waals surface area (Å²) in [5.41, 5.74) is 0.638. The van der Waals surface area contributed by atoms with Crippen LogP contribution < -0.4 is 0 Å². The van der Waals surface area contributed by atoms with Crippen molar-refractivity contribution < 1.29 is 13.3 Å². The Morgan fingerprint density at radius 3 is 2.29 bits per heavy atom. The molecule has 0 fully saturated rings. The first kappa shape index (κ1) is 20.6. The van der Waals surface area contributed by atoms with Crippen molar-refractivity contribution in [1.29, 1.82) is 0 Å². The predicted molar refractivity (Wildman–Crippen MR) is 114 cm³/mol. The highest BCUT2D eigenvalue weighted by Gasteiger charge is 2.30. The summed E-state index contributed by atoms with van der Waals surface area (Å²) < 4.78 is 26.7. The maximum absolute atomic E-state index is 13.3. The molecule has 0 aromatic heterocycles. The van der Waals surface area contributed by atoms with Crippen LogP contribution in [0.4, 0.5) is 5.69 Å². The van der Waals surface area contributed by atoms with E-state index in [0.29, 0.717) is 0 Å². The second-order valence-corrected chi connectivity index (χ2v) is 10.6. The Morgan fingerprint density at radius 1 is 0.964 bits per heavy atom. The molecule has 0 spiro atoms. The van der Waals surface area contributed by atoms with E-state index < -0.39 is 19.3 Å². The van der Waals surface area contributed by atoms with Crippen molar-refractivity contribution in [2.24, 2.45) is 0 Å². The van der Waals surface area contributed by atoms with Crippen molar-refractivity contribution in [2.45, 2.75) is 20.8 Å². The number of rotatable bonds is 7. The van der Waals surface area contributed by atoms with Gasteiger partial charge in [-0.1, -0.05) is 52.3 Å². The van der Waals surface area contributed by atoms with Gasteiger partial charge in [0.2, 0.25) is 0 Å². The molecule has 0 aliphatic heterocycles. The summed E-state index contributed by atoms with van der Waals surface area (Å²) in [4.78, 5) is 11.2. The number of nitrogens with zero attached hydrogens (tertiary/aromatic N) is 1. The number of halogens is 1. The Hall–Kier alpha value is -2.16. The molecule has 0 saturated carbocycles. The molecule has 8 heteroatoms. The van der Waals surface area contributed by atoms with Crippen LogP contribution >= 0.6 is 27.7 Å². The lowest BCUT2D eigenvalue weighted by Crippen LogP contribution is -2.21. The number of hydrogen-bond acceptors (Lipinski definition) is 5. The number of sulfone groups is 1. The van der Waals surface area contributed by atoms with E-state index in [2.05, 4.69) is 15.9 Å². The maximum Gasteiger partial charge on any atom is 0.270 e. The fourth-order valence-corrected chi connectivity index (χ4v) is 6.19. The predicted octanol–water partition coefficient (Wildman–Crippen LogP) is 5.49. The average molecular weight is 478 g/mol. The molecule has 0 bridgehead atoms. The molecule has 3 aromatic carbocycles. The van der Waals surface area contributed by atoms with Gasteiger partial charge in [-0.15, -0.1) is 11.8 Å². The number of non-ortho nitro benzene ring substituents is 1. The fraction of sp³-hybridized carbons (Fsp3) is 0.100. The Balaban J connectivity index is 1.99. The Bertz CT molecular complexity index is 1070. The number of benzene rings is 3. The van der Waals surface area contributed by atoms with E-state index in [9.17, 15) is 18.5 Å². The molecular formula is C20H16BrNO4S2. The van der Waals surface area contributed by atoms with E-state index in [4.69, 9.17) is 0 Å². The highest BCUT2D eigenvalue weighted by molar-refractivity contribution is 9.10. The van der Waals surface area contributed by atoms with Gasteiger partial charge in [0.25, 0.3) is 5.69 Å². The molecule has 0 radical (unpaired) electrons. The van der Waals surface area contributed by atoms with Gasteiger partial charge in [0.1, 0.15) is 4.58 Å². The first-order valence-electron chi connectivity index (χ1n) is 8.31. The van der Waals surface area contributed by atoms with E-state index in [1.165, 1.54) is 30.0 Å². The molecule has 0 saturated heterocycles. The van der Waals surface area contributed by atoms with E-state index in [0.717, 1.165) is 21.0 Å². The molecule has 144 valence electrons. The molecule has 1 atom stereocenters. The normalized spacial score (nSPS) is 12.5. The summed E-state index contributed by atoms with van der Waals surface area (Å²) in [6, 6.07) is 21.9. The minimum atomic E-state index is -3.82. The van der Waals surface area contributed by atoms with Crippen LogP contribution in [0.25, 0.3) is 0 Å². The zero-order valence-corrected chi connectivity index (χ0v) is 17.8. The fourth-order valence-electron chi connectivity index (χ4n) is 2.61. The van der Waals surface area contributed by atoms with Crippen LogP contribution in [0, 0.1) is 10.1 Å². The van der Waals surface area contributed by atoms with Crippen LogP contribution in [0.3, 0.4) is 0 Å². The Labute approximate surface area is 176 Å². The highest BCUT2D eigenvalue weighted by atomic mass is 79.9. The number of hydrogen-bond donors (Lipinski definition) is 0. The number of nitro groups is 1. The molecule has 3 aromatic rings. The smallest absolute Gasteiger partial charge is 0.258 e. The standard InChI is InChI=1S/C20H16BrNO4S2/c21-16-9-11-18(12-10-16)27-20(13-15-5-2-1-3-6-15)28(25,26)19-8-4-7-17(14-19)22(23)24/h1-12,14,20H,13H2/t20-/m0/s1. The largest absolute Gasteiger partial charge is 0.270 e. The molecular weight excluding hydrogens is 462 g/mol. The molecule has 0 amide bonds. The maximum atomic E-state index is 13.3.